The van der Waals surface area contributed by atoms with Gasteiger partial charge in [-0.25, -0.2) is 8.78 Å². The molecule has 0 atom stereocenters. The van der Waals surface area contributed by atoms with Crippen molar-refractivity contribution < 1.29 is 18.3 Å². The number of alkyl halides is 2. The number of aromatic nitrogens is 2. The van der Waals surface area contributed by atoms with Gasteiger partial charge in [-0.05, 0) is 56.3 Å². The molecule has 0 bridgehead atoms. The predicted octanol–water partition coefficient (Wildman–Crippen LogP) is 2.24. The average Bonchev–Trinajstić information content (AvgIpc) is 3.17. The molecule has 8 heteroatoms. The second-order valence-corrected chi connectivity index (χ2v) is 5.91. The maximum absolute atomic E-state index is 13.0. The van der Waals surface area contributed by atoms with Crippen molar-refractivity contribution in [2.45, 2.75) is 24.8 Å². The summed E-state index contributed by atoms with van der Waals surface area (Å²) in [5.74, 6) is 0.195. The Labute approximate surface area is 144 Å². The van der Waals surface area contributed by atoms with Gasteiger partial charge in [0.05, 0.1) is 0 Å². The maximum Gasteiger partial charge on any atom is 0.272 e. The SMILES string of the molecule is O=C(Nc1ccc(OCC(F)F)cc1)C1(n2cccn2)CCNCC1. The van der Waals surface area contributed by atoms with Gasteiger partial charge < -0.3 is 15.4 Å². The fraction of sp³-hybridized carbons (Fsp3) is 0.412. The first-order chi connectivity index (χ1) is 12.1. The topological polar surface area (TPSA) is 68.2 Å². The zero-order chi connectivity index (χ0) is 17.7. The second kappa shape index (κ2) is 7.60. The number of anilines is 1. The minimum absolute atomic E-state index is 0.140. The number of hydrogen-bond donors (Lipinski definition) is 2. The van der Waals surface area contributed by atoms with Gasteiger partial charge in [-0.2, -0.15) is 5.10 Å². The number of benzene rings is 1. The van der Waals surface area contributed by atoms with E-state index in [1.54, 1.807) is 47.4 Å². The van der Waals surface area contributed by atoms with Crippen molar-refractivity contribution >= 4 is 11.6 Å². The minimum Gasteiger partial charge on any atom is -0.488 e. The summed E-state index contributed by atoms with van der Waals surface area (Å²) in [6, 6.07) is 8.18. The van der Waals surface area contributed by atoms with Crippen LogP contribution in [0.1, 0.15) is 12.8 Å². The lowest BCUT2D eigenvalue weighted by Crippen LogP contribution is -2.52. The fourth-order valence-corrected chi connectivity index (χ4v) is 2.96. The molecule has 1 amide bonds. The molecule has 3 rings (SSSR count). The maximum atomic E-state index is 13.0. The smallest absolute Gasteiger partial charge is 0.272 e. The Balaban J connectivity index is 1.71. The average molecular weight is 350 g/mol. The molecular formula is C17H20F2N4O2. The van der Waals surface area contributed by atoms with Crippen LogP contribution in [0.4, 0.5) is 14.5 Å². The third kappa shape index (κ3) is 3.96. The van der Waals surface area contributed by atoms with Gasteiger partial charge in [0.1, 0.15) is 17.9 Å². The number of hydrogen-bond acceptors (Lipinski definition) is 4. The fourth-order valence-electron chi connectivity index (χ4n) is 2.96. The summed E-state index contributed by atoms with van der Waals surface area (Å²) in [6.45, 7) is 0.808. The van der Waals surface area contributed by atoms with Gasteiger partial charge in [0.25, 0.3) is 12.3 Å². The van der Waals surface area contributed by atoms with E-state index in [2.05, 4.69) is 15.7 Å². The number of piperidine rings is 1. The third-order valence-electron chi connectivity index (χ3n) is 4.28. The number of carbonyl (C=O) groups excluding carboxylic acids is 1. The van der Waals surface area contributed by atoms with E-state index in [0.29, 0.717) is 24.3 Å². The monoisotopic (exact) mass is 350 g/mol. The summed E-state index contributed by atoms with van der Waals surface area (Å²) in [6.07, 6.45) is 2.21. The summed E-state index contributed by atoms with van der Waals surface area (Å²) in [7, 11) is 0. The number of ether oxygens (including phenoxy) is 1. The van der Waals surface area contributed by atoms with Crippen molar-refractivity contribution in [3.05, 3.63) is 42.7 Å². The molecule has 0 spiro atoms. The van der Waals surface area contributed by atoms with Crippen LogP contribution in [0.15, 0.2) is 42.7 Å². The Morgan fingerprint density at radius 1 is 1.32 bits per heavy atom. The first kappa shape index (κ1) is 17.3. The van der Waals surface area contributed by atoms with E-state index in [9.17, 15) is 13.6 Å². The van der Waals surface area contributed by atoms with Gasteiger partial charge in [0.2, 0.25) is 0 Å². The van der Waals surface area contributed by atoms with Gasteiger partial charge in [-0.15, -0.1) is 0 Å². The summed E-state index contributed by atoms with van der Waals surface area (Å²) in [4.78, 5) is 13.0. The lowest BCUT2D eigenvalue weighted by atomic mass is 9.87. The predicted molar refractivity (Wildman–Crippen MR) is 88.9 cm³/mol. The van der Waals surface area contributed by atoms with Crippen molar-refractivity contribution in [1.82, 2.24) is 15.1 Å². The summed E-state index contributed by atoms with van der Waals surface area (Å²) >= 11 is 0. The van der Waals surface area contributed by atoms with Crippen molar-refractivity contribution in [1.29, 1.82) is 0 Å². The quantitative estimate of drug-likeness (QED) is 0.838. The van der Waals surface area contributed by atoms with Crippen LogP contribution in [0.3, 0.4) is 0 Å². The van der Waals surface area contributed by atoms with Crippen LogP contribution in [-0.4, -0.2) is 41.8 Å². The molecule has 0 unspecified atom stereocenters. The van der Waals surface area contributed by atoms with Crippen LogP contribution in [0.5, 0.6) is 5.75 Å². The molecule has 6 nitrogen and oxygen atoms in total. The molecular weight excluding hydrogens is 330 g/mol. The molecule has 0 aliphatic carbocycles. The molecule has 2 aromatic rings. The summed E-state index contributed by atoms with van der Waals surface area (Å²) in [5.41, 5.74) is -0.154. The highest BCUT2D eigenvalue weighted by atomic mass is 19.3. The Kier molecular flexibility index (Phi) is 5.28. The lowest BCUT2D eigenvalue weighted by molar-refractivity contribution is -0.126. The molecule has 1 aromatic carbocycles. The van der Waals surface area contributed by atoms with Crippen molar-refractivity contribution in [2.75, 3.05) is 25.0 Å². The van der Waals surface area contributed by atoms with Gasteiger partial charge in [-0.1, -0.05) is 0 Å². The van der Waals surface area contributed by atoms with E-state index in [4.69, 9.17) is 4.74 Å². The number of carbonyl (C=O) groups is 1. The highest BCUT2D eigenvalue weighted by Gasteiger charge is 2.42. The van der Waals surface area contributed by atoms with Gasteiger partial charge in [0.15, 0.2) is 0 Å². The molecule has 1 aliphatic rings. The van der Waals surface area contributed by atoms with Crippen LogP contribution in [0, 0.1) is 0 Å². The van der Waals surface area contributed by atoms with E-state index >= 15 is 0 Å². The molecule has 0 radical (unpaired) electrons. The number of amides is 1. The molecule has 1 aliphatic heterocycles. The van der Waals surface area contributed by atoms with Crippen LogP contribution in [-0.2, 0) is 10.3 Å². The summed E-state index contributed by atoms with van der Waals surface area (Å²) in [5, 5.41) is 10.4. The molecule has 0 saturated carbocycles. The van der Waals surface area contributed by atoms with Crippen LogP contribution < -0.4 is 15.4 Å². The van der Waals surface area contributed by atoms with Gasteiger partial charge in [-0.3, -0.25) is 9.48 Å². The molecule has 1 aromatic heterocycles. The molecule has 2 heterocycles. The van der Waals surface area contributed by atoms with Crippen LogP contribution in [0.25, 0.3) is 0 Å². The lowest BCUT2D eigenvalue weighted by Gasteiger charge is -2.36. The Morgan fingerprint density at radius 3 is 2.64 bits per heavy atom. The van der Waals surface area contributed by atoms with E-state index in [-0.39, 0.29) is 5.91 Å². The largest absolute Gasteiger partial charge is 0.488 e. The number of rotatable bonds is 6. The zero-order valence-electron chi connectivity index (χ0n) is 13.6. The van der Waals surface area contributed by atoms with E-state index in [1.807, 2.05) is 0 Å². The minimum atomic E-state index is -2.52. The van der Waals surface area contributed by atoms with Crippen LogP contribution in [0.2, 0.25) is 0 Å². The number of nitrogens with one attached hydrogen (secondary N) is 2. The highest BCUT2D eigenvalue weighted by molar-refractivity contribution is 5.96. The molecule has 25 heavy (non-hydrogen) atoms. The van der Waals surface area contributed by atoms with Crippen molar-refractivity contribution in [3.63, 3.8) is 0 Å². The van der Waals surface area contributed by atoms with E-state index < -0.39 is 18.6 Å². The number of halogens is 2. The van der Waals surface area contributed by atoms with Gasteiger partial charge in [0, 0.05) is 18.1 Å². The molecule has 1 fully saturated rings. The zero-order valence-corrected chi connectivity index (χ0v) is 13.6. The van der Waals surface area contributed by atoms with Crippen molar-refractivity contribution in [3.8, 4) is 5.75 Å². The molecule has 134 valence electrons. The highest BCUT2D eigenvalue weighted by Crippen LogP contribution is 2.29. The van der Waals surface area contributed by atoms with Crippen LogP contribution >= 0.6 is 0 Å². The Bertz CT molecular complexity index is 683. The third-order valence-corrected chi connectivity index (χ3v) is 4.28. The molecule has 2 N–H and O–H groups in total. The summed E-state index contributed by atoms with van der Waals surface area (Å²) < 4.78 is 31.0. The second-order valence-electron chi connectivity index (χ2n) is 5.91. The number of nitrogens with zero attached hydrogens (tertiary/aromatic N) is 2. The van der Waals surface area contributed by atoms with E-state index in [0.717, 1.165) is 13.1 Å². The van der Waals surface area contributed by atoms with E-state index in [1.165, 1.54) is 0 Å². The Morgan fingerprint density at radius 2 is 2.04 bits per heavy atom. The molecule has 1 saturated heterocycles. The standard InChI is InChI=1S/C17H20F2N4O2/c18-15(19)12-25-14-4-2-13(3-5-14)22-16(24)17(6-9-20-10-7-17)23-11-1-8-21-23/h1-5,8,11,15,20H,6-7,9-10,12H2,(H,22,24). The van der Waals surface area contributed by atoms with Crippen molar-refractivity contribution in [2.24, 2.45) is 0 Å². The Hall–Kier alpha value is -2.48. The normalized spacial score (nSPS) is 16.6. The van der Waals surface area contributed by atoms with Gasteiger partial charge >= 0.3 is 0 Å². The first-order valence-corrected chi connectivity index (χ1v) is 8.13. The first-order valence-electron chi connectivity index (χ1n) is 8.13.